The van der Waals surface area contributed by atoms with Gasteiger partial charge in [0.1, 0.15) is 5.75 Å². The lowest BCUT2D eigenvalue weighted by Gasteiger charge is -2.05. The van der Waals surface area contributed by atoms with Gasteiger partial charge in [-0.1, -0.05) is 0 Å². The molecule has 0 saturated heterocycles. The third kappa shape index (κ3) is 1.61. The lowest BCUT2D eigenvalue weighted by atomic mass is 10.2. The van der Waals surface area contributed by atoms with Crippen molar-refractivity contribution in [3.05, 3.63) is 26.6 Å². The number of rotatable bonds is 2. The highest BCUT2D eigenvalue weighted by molar-refractivity contribution is 14.1. The van der Waals surface area contributed by atoms with Gasteiger partial charge in [-0.3, -0.25) is 0 Å². The molecule has 0 fully saturated rings. The molecule has 0 aliphatic carbocycles. The van der Waals surface area contributed by atoms with E-state index in [-0.39, 0.29) is 0 Å². The molecule has 1 heterocycles. The molecule has 0 unspecified atom stereocenters. The number of hydrogen-bond donors (Lipinski definition) is 0. The fourth-order valence-electron chi connectivity index (χ4n) is 1.43. The lowest BCUT2D eigenvalue weighted by molar-refractivity contribution is 0.417. The third-order valence-electron chi connectivity index (χ3n) is 2.07. The number of hydrogen-bond acceptors (Lipinski definition) is 2. The van der Waals surface area contributed by atoms with Crippen molar-refractivity contribution >= 4 is 55.6 Å². The van der Waals surface area contributed by atoms with Crippen LogP contribution in [0.3, 0.4) is 0 Å². The first-order valence-corrected chi connectivity index (χ1v) is 6.55. The van der Waals surface area contributed by atoms with Gasteiger partial charge in [0.25, 0.3) is 0 Å². The van der Waals surface area contributed by atoms with Gasteiger partial charge >= 0.3 is 0 Å². The van der Waals surface area contributed by atoms with Crippen LogP contribution >= 0.6 is 45.5 Å². The van der Waals surface area contributed by atoms with E-state index in [1.54, 1.807) is 18.4 Å². The molecule has 0 N–H and O–H groups in total. The molecule has 4 heteroatoms. The van der Waals surface area contributed by atoms with Crippen LogP contribution < -0.4 is 4.74 Å². The molecule has 0 atom stereocenters. The van der Waals surface area contributed by atoms with Gasteiger partial charge in [-0.05, 0) is 45.7 Å². The van der Waals surface area contributed by atoms with Crippen LogP contribution in [-0.4, -0.2) is 7.11 Å². The molecular weight excluding hydrogens is 331 g/mol. The van der Waals surface area contributed by atoms with Crippen molar-refractivity contribution in [2.24, 2.45) is 0 Å². The topological polar surface area (TPSA) is 9.23 Å². The summed E-state index contributed by atoms with van der Waals surface area (Å²) in [5, 5.41) is 3.26. The number of alkyl halides is 1. The van der Waals surface area contributed by atoms with Crippen LogP contribution in [0.1, 0.15) is 5.56 Å². The normalized spacial score (nSPS) is 10.8. The van der Waals surface area contributed by atoms with Crippen molar-refractivity contribution in [2.75, 3.05) is 7.11 Å². The monoisotopic (exact) mass is 338 g/mol. The summed E-state index contributed by atoms with van der Waals surface area (Å²) in [7, 11) is 1.70. The van der Waals surface area contributed by atoms with E-state index < -0.39 is 0 Å². The molecule has 0 spiro atoms. The van der Waals surface area contributed by atoms with Crippen molar-refractivity contribution in [1.82, 2.24) is 0 Å². The second-order valence-electron chi connectivity index (χ2n) is 2.85. The first-order chi connectivity index (χ1) is 6.77. The summed E-state index contributed by atoms with van der Waals surface area (Å²) in [6.45, 7) is 0. The van der Waals surface area contributed by atoms with Crippen LogP contribution in [0.15, 0.2) is 17.5 Å². The van der Waals surface area contributed by atoms with Gasteiger partial charge in [-0.2, -0.15) is 0 Å². The highest BCUT2D eigenvalue weighted by Gasteiger charge is 2.11. The zero-order valence-corrected chi connectivity index (χ0v) is 11.2. The van der Waals surface area contributed by atoms with Crippen LogP contribution in [0.25, 0.3) is 10.1 Å². The van der Waals surface area contributed by atoms with Crippen LogP contribution in [0.2, 0.25) is 0 Å². The predicted molar refractivity (Wildman–Crippen MR) is 70.7 cm³/mol. The van der Waals surface area contributed by atoms with Gasteiger partial charge in [0.2, 0.25) is 0 Å². The Bertz CT molecular complexity index is 466. The second-order valence-corrected chi connectivity index (χ2v) is 5.19. The molecule has 0 bridgehead atoms. The number of fused-ring (bicyclic) bond motifs is 1. The Morgan fingerprint density at radius 3 is 2.93 bits per heavy atom. The Hall–Kier alpha value is -0.0000000000000000833. The highest BCUT2D eigenvalue weighted by atomic mass is 127. The van der Waals surface area contributed by atoms with E-state index in [9.17, 15) is 0 Å². The highest BCUT2D eigenvalue weighted by Crippen LogP contribution is 2.37. The minimum absolute atomic E-state index is 0.538. The molecular formula is C10H8ClIOS. The van der Waals surface area contributed by atoms with Gasteiger partial charge in [0.05, 0.1) is 10.7 Å². The van der Waals surface area contributed by atoms with Gasteiger partial charge in [-0.15, -0.1) is 22.9 Å². The summed E-state index contributed by atoms with van der Waals surface area (Å²) in [6, 6.07) is 4.18. The zero-order chi connectivity index (χ0) is 10.1. The molecule has 0 saturated carbocycles. The molecule has 0 radical (unpaired) electrons. The summed E-state index contributed by atoms with van der Waals surface area (Å²) >= 11 is 9.86. The van der Waals surface area contributed by atoms with Crippen LogP contribution in [0.4, 0.5) is 0 Å². The summed E-state index contributed by atoms with van der Waals surface area (Å²) < 4.78 is 7.76. The second kappa shape index (κ2) is 4.24. The number of halogens is 2. The van der Waals surface area contributed by atoms with Gasteiger partial charge in [-0.25, -0.2) is 0 Å². The van der Waals surface area contributed by atoms with E-state index in [0.717, 1.165) is 14.9 Å². The van der Waals surface area contributed by atoms with Crippen LogP contribution in [0.5, 0.6) is 5.75 Å². The van der Waals surface area contributed by atoms with E-state index in [1.807, 2.05) is 0 Å². The largest absolute Gasteiger partial charge is 0.495 e. The molecule has 74 valence electrons. The molecule has 1 nitrogen and oxygen atoms in total. The predicted octanol–water partition coefficient (Wildman–Crippen LogP) is 4.25. The minimum atomic E-state index is 0.538. The number of ether oxygens (including phenoxy) is 1. The molecule has 1 aromatic carbocycles. The van der Waals surface area contributed by atoms with Crippen molar-refractivity contribution in [1.29, 1.82) is 0 Å². The Balaban J connectivity index is 2.81. The summed E-state index contributed by atoms with van der Waals surface area (Å²) in [6.07, 6.45) is 0. The number of thiophene rings is 1. The fraction of sp³-hybridized carbons (Fsp3) is 0.200. The Labute approximate surface area is 105 Å². The lowest BCUT2D eigenvalue weighted by Crippen LogP contribution is -1.88. The average molecular weight is 339 g/mol. The third-order valence-corrected chi connectivity index (χ3v) is 4.20. The van der Waals surface area contributed by atoms with E-state index in [2.05, 4.69) is 40.1 Å². The molecule has 0 aliphatic heterocycles. The average Bonchev–Trinajstić information content (AvgIpc) is 2.61. The van der Waals surface area contributed by atoms with Crippen molar-refractivity contribution in [3.63, 3.8) is 0 Å². The minimum Gasteiger partial charge on any atom is -0.495 e. The molecule has 2 aromatic rings. The van der Waals surface area contributed by atoms with Gasteiger partial charge in [0.15, 0.2) is 0 Å². The van der Waals surface area contributed by atoms with Gasteiger partial charge < -0.3 is 4.74 Å². The fourth-order valence-corrected chi connectivity index (χ4v) is 3.36. The Morgan fingerprint density at radius 2 is 2.29 bits per heavy atom. The molecule has 2 rings (SSSR count). The maximum atomic E-state index is 5.88. The summed E-state index contributed by atoms with van der Waals surface area (Å²) in [5.41, 5.74) is 1.15. The molecule has 0 amide bonds. The van der Waals surface area contributed by atoms with Crippen molar-refractivity contribution in [2.45, 2.75) is 5.88 Å². The Kier molecular flexibility index (Phi) is 3.19. The maximum Gasteiger partial charge on any atom is 0.141 e. The molecule has 0 aliphatic rings. The Morgan fingerprint density at radius 1 is 1.50 bits per heavy atom. The van der Waals surface area contributed by atoms with Crippen molar-refractivity contribution in [3.8, 4) is 5.75 Å². The SMILES string of the molecule is COc1c(I)ccc2scc(CCl)c12. The summed E-state index contributed by atoms with van der Waals surface area (Å²) in [5.74, 6) is 1.48. The van der Waals surface area contributed by atoms with Crippen molar-refractivity contribution < 1.29 is 4.74 Å². The van der Waals surface area contributed by atoms with E-state index >= 15 is 0 Å². The van der Waals surface area contributed by atoms with Crippen LogP contribution in [0, 0.1) is 3.57 Å². The number of methoxy groups -OCH3 is 1. The van der Waals surface area contributed by atoms with Crippen LogP contribution in [-0.2, 0) is 5.88 Å². The molecule has 1 aromatic heterocycles. The van der Waals surface area contributed by atoms with E-state index in [4.69, 9.17) is 16.3 Å². The first-order valence-electron chi connectivity index (χ1n) is 4.06. The molecule has 14 heavy (non-hydrogen) atoms. The smallest absolute Gasteiger partial charge is 0.141 e. The maximum absolute atomic E-state index is 5.88. The quantitative estimate of drug-likeness (QED) is 0.587. The summed E-state index contributed by atoms with van der Waals surface area (Å²) in [4.78, 5) is 0. The van der Waals surface area contributed by atoms with E-state index in [1.165, 1.54) is 10.1 Å². The van der Waals surface area contributed by atoms with Gasteiger partial charge in [0, 0.05) is 16.0 Å². The standard InChI is InChI=1S/C10H8ClIOS/c1-13-10-7(12)2-3-8-9(10)6(4-11)5-14-8/h2-3,5H,4H2,1H3. The first kappa shape index (κ1) is 10.5. The van der Waals surface area contributed by atoms with E-state index in [0.29, 0.717) is 5.88 Å². The zero-order valence-electron chi connectivity index (χ0n) is 7.51. The number of benzene rings is 1.